The summed E-state index contributed by atoms with van der Waals surface area (Å²) in [7, 11) is 0. The lowest BCUT2D eigenvalue weighted by Crippen LogP contribution is -2.22. The summed E-state index contributed by atoms with van der Waals surface area (Å²) in [5.74, 6) is 0.678. The van der Waals surface area contributed by atoms with Gasteiger partial charge < -0.3 is 4.42 Å². The predicted molar refractivity (Wildman–Crippen MR) is 208 cm³/mol. The Labute approximate surface area is 296 Å². The first-order chi connectivity index (χ1) is 25.2. The summed E-state index contributed by atoms with van der Waals surface area (Å²) in [5, 5.41) is 2.17. The Balaban J connectivity index is 1.21. The second-order valence-corrected chi connectivity index (χ2v) is 13.5. The molecular formula is C48H32N2O. The zero-order valence-electron chi connectivity index (χ0n) is 28.0. The fourth-order valence-electron chi connectivity index (χ4n) is 8.08. The molecule has 0 saturated carbocycles. The van der Waals surface area contributed by atoms with Crippen LogP contribution in [0.2, 0.25) is 0 Å². The first kappa shape index (κ1) is 29.3. The van der Waals surface area contributed by atoms with Crippen molar-refractivity contribution in [2.45, 2.75) is 12.3 Å². The molecule has 1 aliphatic carbocycles. The van der Waals surface area contributed by atoms with Crippen LogP contribution in [0.1, 0.15) is 23.6 Å². The number of benzene rings is 7. The van der Waals surface area contributed by atoms with Crippen LogP contribution in [0.5, 0.6) is 0 Å². The highest BCUT2D eigenvalue weighted by Crippen LogP contribution is 2.55. The third kappa shape index (κ3) is 4.59. The molecule has 3 nitrogen and oxygen atoms in total. The molecule has 10 rings (SSSR count). The highest BCUT2D eigenvalue weighted by molar-refractivity contribution is 6.09. The number of para-hydroxylation sites is 2. The third-order valence-corrected chi connectivity index (χ3v) is 10.6. The van der Waals surface area contributed by atoms with E-state index < -0.39 is 0 Å². The van der Waals surface area contributed by atoms with Crippen LogP contribution < -0.4 is 0 Å². The van der Waals surface area contributed by atoms with Gasteiger partial charge in [-0.25, -0.2) is 9.97 Å². The minimum absolute atomic E-state index is 0.370. The molecule has 0 N–H and O–H groups in total. The van der Waals surface area contributed by atoms with Crippen molar-refractivity contribution in [1.29, 1.82) is 0 Å². The molecule has 9 aromatic rings. The Morgan fingerprint density at radius 3 is 1.90 bits per heavy atom. The van der Waals surface area contributed by atoms with Crippen LogP contribution in [0.15, 0.2) is 180 Å². The molecule has 240 valence electrons. The lowest BCUT2D eigenvalue weighted by Gasteiger charge is -2.28. The zero-order chi connectivity index (χ0) is 33.9. The van der Waals surface area contributed by atoms with Gasteiger partial charge in [-0.15, -0.1) is 0 Å². The quantitative estimate of drug-likeness (QED) is 0.186. The summed E-state index contributed by atoms with van der Waals surface area (Å²) in [6, 6.07) is 62.1. The van der Waals surface area contributed by atoms with E-state index in [1.807, 2.05) is 30.3 Å². The fourth-order valence-corrected chi connectivity index (χ4v) is 8.08. The van der Waals surface area contributed by atoms with Crippen molar-refractivity contribution < 1.29 is 4.42 Å². The first-order valence-corrected chi connectivity index (χ1v) is 17.4. The molecule has 0 bridgehead atoms. The third-order valence-electron chi connectivity index (χ3n) is 10.6. The van der Waals surface area contributed by atoms with E-state index in [1.165, 1.54) is 38.9 Å². The van der Waals surface area contributed by atoms with Crippen LogP contribution >= 0.6 is 0 Å². The minimum Gasteiger partial charge on any atom is -0.455 e. The van der Waals surface area contributed by atoms with Crippen molar-refractivity contribution in [2.75, 3.05) is 0 Å². The van der Waals surface area contributed by atoms with Gasteiger partial charge in [0.25, 0.3) is 0 Å². The van der Waals surface area contributed by atoms with E-state index in [-0.39, 0.29) is 5.41 Å². The maximum absolute atomic E-state index is 6.49. The van der Waals surface area contributed by atoms with E-state index >= 15 is 0 Å². The van der Waals surface area contributed by atoms with Gasteiger partial charge in [0.2, 0.25) is 0 Å². The summed E-state index contributed by atoms with van der Waals surface area (Å²) >= 11 is 0. The van der Waals surface area contributed by atoms with Crippen LogP contribution in [0.4, 0.5) is 0 Å². The molecule has 1 atom stereocenters. The molecule has 0 amide bonds. The number of hydrogen-bond acceptors (Lipinski definition) is 3. The molecule has 0 spiro atoms. The molecule has 3 heteroatoms. The average molecular weight is 653 g/mol. The zero-order valence-corrected chi connectivity index (χ0v) is 28.0. The van der Waals surface area contributed by atoms with Crippen molar-refractivity contribution in [2.24, 2.45) is 0 Å². The number of hydrogen-bond donors (Lipinski definition) is 0. The summed E-state index contributed by atoms with van der Waals surface area (Å²) in [4.78, 5) is 10.4. The van der Waals surface area contributed by atoms with Gasteiger partial charge in [-0.2, -0.15) is 0 Å². The lowest BCUT2D eigenvalue weighted by atomic mass is 9.73. The second kappa shape index (κ2) is 11.5. The highest BCUT2D eigenvalue weighted by Gasteiger charge is 2.42. The Kier molecular flexibility index (Phi) is 6.62. The van der Waals surface area contributed by atoms with Crippen molar-refractivity contribution in [1.82, 2.24) is 9.97 Å². The number of rotatable bonds is 5. The van der Waals surface area contributed by atoms with Gasteiger partial charge in [0.15, 0.2) is 5.82 Å². The van der Waals surface area contributed by atoms with Gasteiger partial charge in [-0.3, -0.25) is 0 Å². The largest absolute Gasteiger partial charge is 0.455 e. The predicted octanol–water partition coefficient (Wildman–Crippen LogP) is 12.4. The Morgan fingerprint density at radius 2 is 1.10 bits per heavy atom. The number of aromatic nitrogens is 2. The molecule has 0 aliphatic heterocycles. The van der Waals surface area contributed by atoms with Crippen LogP contribution in [0, 0.1) is 0 Å². The van der Waals surface area contributed by atoms with Crippen LogP contribution in [-0.2, 0) is 5.41 Å². The Bertz CT molecular complexity index is 2750. The monoisotopic (exact) mass is 652 g/mol. The van der Waals surface area contributed by atoms with E-state index in [0.29, 0.717) is 5.82 Å². The topological polar surface area (TPSA) is 38.9 Å². The van der Waals surface area contributed by atoms with Gasteiger partial charge in [0, 0.05) is 32.9 Å². The van der Waals surface area contributed by atoms with E-state index in [0.717, 1.165) is 50.0 Å². The standard InChI is InChI=1S/C48H32N2O/c1-48(34-19-9-4-10-20-34)40-25-14-22-35(31-15-5-2-6-16-31)45(40)38-28-27-33(29-41(38)48)42-30-43(50-47(49-42)32-17-7-3-8-18-32)39-24-13-23-37-36-21-11-12-26-44(36)51-46(37)39/h2-30H,1H3. The number of fused-ring (bicyclic) bond motifs is 6. The van der Waals surface area contributed by atoms with E-state index in [4.69, 9.17) is 14.4 Å². The minimum atomic E-state index is -0.370. The molecule has 2 heterocycles. The molecule has 2 aromatic heterocycles. The molecule has 1 unspecified atom stereocenters. The van der Waals surface area contributed by atoms with Crippen LogP contribution in [-0.4, -0.2) is 9.97 Å². The van der Waals surface area contributed by atoms with Gasteiger partial charge in [-0.05, 0) is 70.1 Å². The molecule has 1 aliphatic rings. The van der Waals surface area contributed by atoms with Gasteiger partial charge in [0.05, 0.1) is 11.4 Å². The highest BCUT2D eigenvalue weighted by atomic mass is 16.3. The second-order valence-electron chi connectivity index (χ2n) is 13.5. The van der Waals surface area contributed by atoms with Gasteiger partial charge >= 0.3 is 0 Å². The summed E-state index contributed by atoms with van der Waals surface area (Å²) in [6.07, 6.45) is 0. The molecule has 7 aromatic carbocycles. The van der Waals surface area contributed by atoms with E-state index in [2.05, 4.69) is 153 Å². The van der Waals surface area contributed by atoms with Crippen molar-refractivity contribution in [3.8, 4) is 56.2 Å². The summed E-state index contributed by atoms with van der Waals surface area (Å²) in [5.41, 5.74) is 14.8. The number of nitrogens with zero attached hydrogens (tertiary/aromatic N) is 2. The number of furan rings is 1. The summed E-state index contributed by atoms with van der Waals surface area (Å²) < 4.78 is 6.49. The van der Waals surface area contributed by atoms with Crippen molar-refractivity contribution in [3.63, 3.8) is 0 Å². The van der Waals surface area contributed by atoms with Crippen LogP contribution in [0.3, 0.4) is 0 Å². The van der Waals surface area contributed by atoms with Gasteiger partial charge in [-0.1, -0.05) is 152 Å². The smallest absolute Gasteiger partial charge is 0.160 e. The van der Waals surface area contributed by atoms with Crippen LogP contribution in [0.25, 0.3) is 78.1 Å². The molecule has 0 radical (unpaired) electrons. The van der Waals surface area contributed by atoms with E-state index in [1.54, 1.807) is 0 Å². The SMILES string of the molecule is CC1(c2ccccc2)c2cc(-c3cc(-c4cccc5c4oc4ccccc45)nc(-c4ccccc4)n3)ccc2-c2c(-c3ccccc3)cccc21. The fraction of sp³-hybridized carbons (Fsp3) is 0.0417. The average Bonchev–Trinajstić information content (AvgIpc) is 3.72. The Morgan fingerprint density at radius 1 is 0.451 bits per heavy atom. The molecular weight excluding hydrogens is 621 g/mol. The maximum atomic E-state index is 6.49. The summed E-state index contributed by atoms with van der Waals surface area (Å²) in [6.45, 7) is 2.37. The first-order valence-electron chi connectivity index (χ1n) is 17.4. The maximum Gasteiger partial charge on any atom is 0.160 e. The van der Waals surface area contributed by atoms with E-state index in [9.17, 15) is 0 Å². The normalized spacial score (nSPS) is 14.8. The molecule has 0 fully saturated rings. The van der Waals surface area contributed by atoms with Gasteiger partial charge in [0.1, 0.15) is 11.2 Å². The van der Waals surface area contributed by atoms with Crippen molar-refractivity contribution in [3.05, 3.63) is 193 Å². The molecule has 51 heavy (non-hydrogen) atoms. The van der Waals surface area contributed by atoms with Crippen molar-refractivity contribution >= 4 is 21.9 Å². The lowest BCUT2D eigenvalue weighted by molar-refractivity contribution is 0.670. The Hall–Kier alpha value is -6.58. The molecule has 0 saturated heterocycles.